The lowest BCUT2D eigenvalue weighted by Crippen LogP contribution is -2.35. The largest absolute Gasteiger partial charge is 0.478 e. The van der Waals surface area contributed by atoms with Crippen molar-refractivity contribution in [3.8, 4) is 22.6 Å². The molecule has 0 spiro atoms. The Morgan fingerprint density at radius 1 is 0.917 bits per heavy atom. The van der Waals surface area contributed by atoms with Crippen LogP contribution in [0.25, 0.3) is 11.1 Å². The van der Waals surface area contributed by atoms with E-state index in [4.69, 9.17) is 5.11 Å². The number of carbonyl (C=O) groups is 1. The number of carboxylic acid groups (broad SMARTS) is 1. The Morgan fingerprint density at radius 2 is 1.38 bits per heavy atom. The molecule has 0 aliphatic heterocycles. The first-order chi connectivity index (χ1) is 11.1. The van der Waals surface area contributed by atoms with E-state index in [-0.39, 0.29) is 5.04 Å². The molecule has 0 heterocycles. The molecule has 3 heteroatoms. The number of rotatable bonds is 2. The summed E-state index contributed by atoms with van der Waals surface area (Å²) in [5.41, 5.74) is 6.90. The zero-order chi connectivity index (χ0) is 18.0. The van der Waals surface area contributed by atoms with Crippen molar-refractivity contribution in [2.75, 3.05) is 0 Å². The summed E-state index contributed by atoms with van der Waals surface area (Å²) in [6, 6.07) is 15.0. The number of hydrogen-bond donors (Lipinski definition) is 1. The van der Waals surface area contributed by atoms with Gasteiger partial charge in [0.25, 0.3) is 0 Å². The Bertz CT molecular complexity index is 783. The summed E-state index contributed by atoms with van der Waals surface area (Å²) in [5.74, 6) is 2.42. The van der Waals surface area contributed by atoms with Gasteiger partial charge in [-0.15, -0.1) is 5.54 Å². The van der Waals surface area contributed by atoms with Gasteiger partial charge in [0.05, 0.1) is 5.56 Å². The molecule has 0 aliphatic carbocycles. The lowest BCUT2D eigenvalue weighted by atomic mass is 10.0. The van der Waals surface area contributed by atoms with Crippen molar-refractivity contribution < 1.29 is 9.90 Å². The van der Waals surface area contributed by atoms with Gasteiger partial charge in [0.15, 0.2) is 0 Å². The predicted molar refractivity (Wildman–Crippen MR) is 103 cm³/mol. The van der Waals surface area contributed by atoms with Gasteiger partial charge in [0.1, 0.15) is 8.07 Å². The lowest BCUT2D eigenvalue weighted by Gasteiger charge is -2.31. The summed E-state index contributed by atoms with van der Waals surface area (Å²) in [7, 11) is -1.60. The normalized spacial score (nSPS) is 11.5. The van der Waals surface area contributed by atoms with Crippen LogP contribution in [0.15, 0.2) is 48.5 Å². The molecule has 0 aliphatic rings. The number of aromatic carboxylic acids is 1. The Kier molecular flexibility index (Phi) is 5.01. The molecule has 0 radical (unpaired) electrons. The van der Waals surface area contributed by atoms with Crippen LogP contribution >= 0.6 is 0 Å². The molecular weight excluding hydrogens is 312 g/mol. The van der Waals surface area contributed by atoms with Crippen LogP contribution in [-0.2, 0) is 0 Å². The molecule has 0 atom stereocenters. The Hall–Kier alpha value is -2.31. The zero-order valence-corrected chi connectivity index (χ0v) is 16.0. The molecule has 0 bridgehead atoms. The lowest BCUT2D eigenvalue weighted by molar-refractivity contribution is 0.0697. The van der Waals surface area contributed by atoms with E-state index in [0.29, 0.717) is 5.56 Å². The first-order valence-electron chi connectivity index (χ1n) is 8.07. The highest BCUT2D eigenvalue weighted by molar-refractivity contribution is 6.87. The van der Waals surface area contributed by atoms with Crippen LogP contribution < -0.4 is 0 Å². The minimum Gasteiger partial charge on any atom is -0.478 e. The second kappa shape index (κ2) is 6.66. The summed E-state index contributed by atoms with van der Waals surface area (Å²) in [4.78, 5) is 10.9. The van der Waals surface area contributed by atoms with Gasteiger partial charge < -0.3 is 5.11 Å². The van der Waals surface area contributed by atoms with Crippen molar-refractivity contribution in [3.63, 3.8) is 0 Å². The van der Waals surface area contributed by atoms with Gasteiger partial charge in [0.2, 0.25) is 0 Å². The second-order valence-corrected chi connectivity index (χ2v) is 12.6. The topological polar surface area (TPSA) is 37.3 Å². The number of benzene rings is 2. The number of hydrogen-bond acceptors (Lipinski definition) is 1. The highest BCUT2D eigenvalue weighted by Crippen LogP contribution is 2.35. The van der Waals surface area contributed by atoms with Crippen LogP contribution in [0, 0.1) is 11.5 Å². The van der Waals surface area contributed by atoms with E-state index in [0.717, 1.165) is 16.7 Å². The van der Waals surface area contributed by atoms with Crippen LogP contribution in [0.1, 0.15) is 36.7 Å². The van der Waals surface area contributed by atoms with E-state index in [2.05, 4.69) is 45.3 Å². The van der Waals surface area contributed by atoms with E-state index >= 15 is 0 Å². The monoisotopic (exact) mass is 336 g/mol. The van der Waals surface area contributed by atoms with Gasteiger partial charge in [0, 0.05) is 5.56 Å². The molecule has 0 saturated heterocycles. The Labute approximate surface area is 145 Å². The summed E-state index contributed by atoms with van der Waals surface area (Å²) in [6.07, 6.45) is 0. The van der Waals surface area contributed by atoms with Crippen LogP contribution in [0.3, 0.4) is 0 Å². The molecule has 2 aromatic carbocycles. The van der Waals surface area contributed by atoms with Crippen molar-refractivity contribution in [1.29, 1.82) is 0 Å². The van der Waals surface area contributed by atoms with E-state index in [1.807, 2.05) is 36.4 Å². The molecule has 0 saturated carbocycles. The smallest absolute Gasteiger partial charge is 0.335 e. The van der Waals surface area contributed by atoms with E-state index < -0.39 is 14.0 Å². The summed E-state index contributed by atoms with van der Waals surface area (Å²) >= 11 is 0. The maximum atomic E-state index is 10.9. The molecule has 0 fully saturated rings. The van der Waals surface area contributed by atoms with Crippen LogP contribution in [-0.4, -0.2) is 19.1 Å². The van der Waals surface area contributed by atoms with Gasteiger partial charge in [-0.3, -0.25) is 0 Å². The molecular formula is C21H24O2Si. The van der Waals surface area contributed by atoms with Crippen molar-refractivity contribution in [2.45, 2.75) is 38.9 Å². The third kappa shape index (κ3) is 4.15. The molecule has 2 rings (SSSR count). The first-order valence-corrected chi connectivity index (χ1v) is 11.1. The quantitative estimate of drug-likeness (QED) is 0.585. The van der Waals surface area contributed by atoms with E-state index in [1.54, 1.807) is 12.1 Å². The van der Waals surface area contributed by atoms with Crippen molar-refractivity contribution >= 4 is 14.0 Å². The average Bonchev–Trinajstić information content (AvgIpc) is 2.52. The minimum absolute atomic E-state index is 0.256. The predicted octanol–water partition coefficient (Wildman–Crippen LogP) is 5.45. The van der Waals surface area contributed by atoms with Crippen molar-refractivity contribution in [3.05, 3.63) is 59.7 Å². The third-order valence-corrected chi connectivity index (χ3v) is 9.24. The molecule has 0 aromatic heterocycles. The SMILES string of the molecule is CC(C)(C)[Si](C)(C)C#Cc1ccc(-c2ccc(C(=O)O)cc2)cc1. The second-order valence-electron chi connectivity index (χ2n) is 7.58. The highest BCUT2D eigenvalue weighted by atomic mass is 28.3. The zero-order valence-electron chi connectivity index (χ0n) is 15.0. The van der Waals surface area contributed by atoms with Crippen LogP contribution in [0.4, 0.5) is 0 Å². The molecule has 0 amide bonds. The molecule has 2 aromatic rings. The van der Waals surface area contributed by atoms with Crippen molar-refractivity contribution in [2.24, 2.45) is 0 Å². The summed E-state index contributed by atoms with van der Waals surface area (Å²) in [6.45, 7) is 11.4. The van der Waals surface area contributed by atoms with Gasteiger partial charge in [-0.05, 0) is 40.4 Å². The van der Waals surface area contributed by atoms with E-state index in [9.17, 15) is 4.79 Å². The van der Waals surface area contributed by atoms with Gasteiger partial charge in [-0.25, -0.2) is 4.79 Å². The molecule has 0 unspecified atom stereocenters. The third-order valence-electron chi connectivity index (χ3n) is 4.74. The molecule has 24 heavy (non-hydrogen) atoms. The maximum Gasteiger partial charge on any atom is 0.335 e. The fourth-order valence-corrected chi connectivity index (χ4v) is 2.80. The molecule has 2 nitrogen and oxygen atoms in total. The average molecular weight is 337 g/mol. The first kappa shape index (κ1) is 18.0. The van der Waals surface area contributed by atoms with Crippen LogP contribution in [0.5, 0.6) is 0 Å². The van der Waals surface area contributed by atoms with Gasteiger partial charge in [-0.2, -0.15) is 0 Å². The summed E-state index contributed by atoms with van der Waals surface area (Å²) in [5, 5.41) is 9.21. The summed E-state index contributed by atoms with van der Waals surface area (Å²) < 4.78 is 0. The Morgan fingerprint density at radius 3 is 1.79 bits per heavy atom. The highest BCUT2D eigenvalue weighted by Gasteiger charge is 2.33. The molecule has 124 valence electrons. The van der Waals surface area contributed by atoms with E-state index in [1.165, 1.54) is 0 Å². The standard InChI is InChI=1S/C21H24O2Si/c1-21(2,3)24(4,5)15-14-16-6-8-17(9-7-16)18-10-12-19(13-11-18)20(22)23/h6-13H,1-5H3,(H,22,23). The maximum absolute atomic E-state index is 10.9. The fraction of sp³-hybridized carbons (Fsp3) is 0.286. The van der Waals surface area contributed by atoms with Gasteiger partial charge in [-0.1, -0.05) is 64.1 Å². The fourth-order valence-electron chi connectivity index (χ4n) is 1.97. The number of carboxylic acids is 1. The minimum atomic E-state index is -1.60. The Balaban J connectivity index is 2.21. The van der Waals surface area contributed by atoms with Gasteiger partial charge >= 0.3 is 5.97 Å². The molecule has 1 N–H and O–H groups in total. The van der Waals surface area contributed by atoms with Crippen molar-refractivity contribution in [1.82, 2.24) is 0 Å². The van der Waals surface area contributed by atoms with Crippen LogP contribution in [0.2, 0.25) is 18.1 Å².